The first-order valence-electron chi connectivity index (χ1n) is 21.9. The van der Waals surface area contributed by atoms with Crippen molar-refractivity contribution in [3.8, 4) is 39.3 Å². The van der Waals surface area contributed by atoms with Crippen LogP contribution in [-0.2, 0) is 0 Å². The lowest BCUT2D eigenvalue weighted by molar-refractivity contribution is 1.17. The number of benzene rings is 10. The summed E-state index contributed by atoms with van der Waals surface area (Å²) in [5.41, 5.74) is 15.5. The van der Waals surface area contributed by atoms with Gasteiger partial charge in [0.15, 0.2) is 0 Å². The van der Waals surface area contributed by atoms with Crippen molar-refractivity contribution >= 4 is 96.9 Å². The smallest absolute Gasteiger partial charge is 0.0549 e. The van der Waals surface area contributed by atoms with Crippen LogP contribution >= 0.6 is 11.3 Å². The molecule has 298 valence electrons. The van der Waals surface area contributed by atoms with Gasteiger partial charge >= 0.3 is 0 Å². The van der Waals surface area contributed by atoms with Gasteiger partial charge in [-0.2, -0.15) is 0 Å². The third-order valence-electron chi connectivity index (χ3n) is 13.4. The molecule has 0 aliphatic carbocycles. The lowest BCUT2D eigenvalue weighted by atomic mass is 9.94. The van der Waals surface area contributed by atoms with E-state index in [1.165, 1.54) is 108 Å². The lowest BCUT2D eigenvalue weighted by Crippen LogP contribution is -1.97. The second-order valence-electron chi connectivity index (χ2n) is 16.8. The highest BCUT2D eigenvalue weighted by Gasteiger charge is 2.23. The molecular formula is C60H37N3S. The van der Waals surface area contributed by atoms with Gasteiger partial charge in [-0.1, -0.05) is 140 Å². The molecule has 0 spiro atoms. The molecule has 14 aromatic rings. The molecule has 0 bridgehead atoms. The number of thiophene rings is 1. The van der Waals surface area contributed by atoms with Gasteiger partial charge in [0, 0.05) is 69.4 Å². The normalized spacial score (nSPS) is 12.1. The molecule has 3 nitrogen and oxygen atoms in total. The van der Waals surface area contributed by atoms with E-state index in [2.05, 4.69) is 238 Å². The van der Waals surface area contributed by atoms with Gasteiger partial charge in [0.2, 0.25) is 0 Å². The molecular weight excluding hydrogens is 795 g/mol. The van der Waals surface area contributed by atoms with Gasteiger partial charge in [-0.3, -0.25) is 0 Å². The summed E-state index contributed by atoms with van der Waals surface area (Å²) < 4.78 is 9.99. The Hall–Kier alpha value is -8.18. The fraction of sp³-hybridized carbons (Fsp3) is 0. The molecule has 0 aliphatic rings. The van der Waals surface area contributed by atoms with E-state index in [4.69, 9.17) is 0 Å². The van der Waals surface area contributed by atoms with E-state index >= 15 is 0 Å². The van der Waals surface area contributed by atoms with E-state index in [1.807, 2.05) is 11.3 Å². The molecule has 0 radical (unpaired) electrons. The Bertz CT molecular complexity index is 4180. The van der Waals surface area contributed by atoms with Gasteiger partial charge in [-0.15, -0.1) is 11.3 Å². The number of nitrogens with zero attached hydrogens (tertiary/aromatic N) is 3. The SMILES string of the molecule is c1ccc(-n2c3ccc(-c4ccccc4-n4c5ccccc5c5c6c7ccccc7n(-c7ccccc7)c6ccc54)cc3c3c(-c4cccc5sc6ccccc6c45)cccc32)cc1. The van der Waals surface area contributed by atoms with Crippen LogP contribution < -0.4 is 0 Å². The topological polar surface area (TPSA) is 14.8 Å². The van der Waals surface area contributed by atoms with Crippen molar-refractivity contribution in [3.63, 3.8) is 0 Å². The van der Waals surface area contributed by atoms with Crippen LogP contribution in [0.15, 0.2) is 224 Å². The molecule has 14 rings (SSSR count). The van der Waals surface area contributed by atoms with Gasteiger partial charge in [0.25, 0.3) is 0 Å². The standard InChI is InChI=1S/C60H37N3S/c1-3-17-39(18-4-1)61-49-28-12-8-22-44(49)59-53(61)35-36-54-60(59)45-23-9-13-29-50(45)63(54)48-27-11-7-21-41(48)38-33-34-51-47(37-38)57-42(25-15-30-52(57)62(51)40-19-5-2-6-20-40)43-26-16-32-56-58(43)46-24-10-14-31-55(46)64-56/h1-37H. The summed E-state index contributed by atoms with van der Waals surface area (Å²) in [5.74, 6) is 0. The zero-order valence-electron chi connectivity index (χ0n) is 34.6. The average molecular weight is 832 g/mol. The van der Waals surface area contributed by atoms with Crippen LogP contribution in [0.2, 0.25) is 0 Å². The predicted octanol–water partition coefficient (Wildman–Crippen LogP) is 16.7. The van der Waals surface area contributed by atoms with Crippen molar-refractivity contribution in [2.45, 2.75) is 0 Å². The van der Waals surface area contributed by atoms with Crippen molar-refractivity contribution in [1.82, 2.24) is 13.7 Å². The summed E-state index contributed by atoms with van der Waals surface area (Å²) in [7, 11) is 0. The molecule has 0 saturated heterocycles. The van der Waals surface area contributed by atoms with Crippen LogP contribution in [0.25, 0.3) is 125 Å². The van der Waals surface area contributed by atoms with E-state index in [0.717, 1.165) is 17.1 Å². The quantitative estimate of drug-likeness (QED) is 0.164. The number of aromatic nitrogens is 3. The minimum atomic E-state index is 1.15. The van der Waals surface area contributed by atoms with Crippen LogP contribution in [0.5, 0.6) is 0 Å². The maximum Gasteiger partial charge on any atom is 0.0549 e. The third-order valence-corrected chi connectivity index (χ3v) is 14.6. The van der Waals surface area contributed by atoms with Gasteiger partial charge in [0.05, 0.1) is 38.8 Å². The Balaban J connectivity index is 1.05. The van der Waals surface area contributed by atoms with Crippen molar-refractivity contribution < 1.29 is 0 Å². The van der Waals surface area contributed by atoms with Crippen molar-refractivity contribution in [2.24, 2.45) is 0 Å². The van der Waals surface area contributed by atoms with Crippen molar-refractivity contribution in [3.05, 3.63) is 224 Å². The monoisotopic (exact) mass is 831 g/mol. The van der Waals surface area contributed by atoms with Crippen molar-refractivity contribution in [1.29, 1.82) is 0 Å². The summed E-state index contributed by atoms with van der Waals surface area (Å²) in [6.07, 6.45) is 0. The largest absolute Gasteiger partial charge is 0.309 e. The Morgan fingerprint density at radius 1 is 0.266 bits per heavy atom. The molecule has 0 atom stereocenters. The molecule has 0 amide bonds. The molecule has 0 aliphatic heterocycles. The van der Waals surface area contributed by atoms with Crippen LogP contribution in [0.3, 0.4) is 0 Å². The molecule has 0 unspecified atom stereocenters. The summed E-state index contributed by atoms with van der Waals surface area (Å²) >= 11 is 1.88. The number of hydrogen-bond acceptors (Lipinski definition) is 1. The zero-order chi connectivity index (χ0) is 41.9. The first kappa shape index (κ1) is 35.4. The molecule has 4 aromatic heterocycles. The first-order valence-corrected chi connectivity index (χ1v) is 22.8. The zero-order valence-corrected chi connectivity index (χ0v) is 35.4. The second kappa shape index (κ2) is 13.7. The lowest BCUT2D eigenvalue weighted by Gasteiger charge is -2.15. The molecule has 10 aromatic carbocycles. The van der Waals surface area contributed by atoms with Crippen LogP contribution in [-0.4, -0.2) is 13.7 Å². The predicted molar refractivity (Wildman–Crippen MR) is 273 cm³/mol. The van der Waals surface area contributed by atoms with E-state index in [9.17, 15) is 0 Å². The highest BCUT2D eigenvalue weighted by Crippen LogP contribution is 2.47. The van der Waals surface area contributed by atoms with E-state index in [0.29, 0.717) is 0 Å². The fourth-order valence-corrected chi connectivity index (χ4v) is 12.0. The van der Waals surface area contributed by atoms with Crippen LogP contribution in [0, 0.1) is 0 Å². The Labute approximate surface area is 372 Å². The number of rotatable bonds is 5. The summed E-state index contributed by atoms with van der Waals surface area (Å²) in [5, 5.41) is 10.2. The summed E-state index contributed by atoms with van der Waals surface area (Å²) in [4.78, 5) is 0. The number of fused-ring (bicyclic) bond motifs is 13. The van der Waals surface area contributed by atoms with Gasteiger partial charge in [0.1, 0.15) is 0 Å². The summed E-state index contributed by atoms with van der Waals surface area (Å²) in [6, 6.07) is 82.6. The maximum absolute atomic E-state index is 2.50. The van der Waals surface area contributed by atoms with Gasteiger partial charge in [-0.25, -0.2) is 0 Å². The van der Waals surface area contributed by atoms with E-state index < -0.39 is 0 Å². The third kappa shape index (κ3) is 4.97. The molecule has 0 N–H and O–H groups in total. The van der Waals surface area contributed by atoms with E-state index in [-0.39, 0.29) is 0 Å². The minimum Gasteiger partial charge on any atom is -0.309 e. The Kier molecular flexibility index (Phi) is 7.56. The first-order chi connectivity index (χ1) is 31.8. The molecule has 4 heterocycles. The highest BCUT2D eigenvalue weighted by atomic mass is 32.1. The average Bonchev–Trinajstić information content (AvgIpc) is 4.10. The van der Waals surface area contributed by atoms with Gasteiger partial charge in [-0.05, 0) is 102 Å². The number of para-hydroxylation sites is 5. The van der Waals surface area contributed by atoms with Gasteiger partial charge < -0.3 is 13.7 Å². The molecule has 4 heteroatoms. The Morgan fingerprint density at radius 2 is 0.734 bits per heavy atom. The Morgan fingerprint density at radius 3 is 1.45 bits per heavy atom. The number of hydrogen-bond donors (Lipinski definition) is 0. The minimum absolute atomic E-state index is 1.15. The van der Waals surface area contributed by atoms with E-state index in [1.54, 1.807) is 0 Å². The molecule has 0 fully saturated rings. The van der Waals surface area contributed by atoms with Crippen molar-refractivity contribution in [2.75, 3.05) is 0 Å². The maximum atomic E-state index is 2.50. The molecule has 0 saturated carbocycles. The van der Waals surface area contributed by atoms with Crippen LogP contribution in [0.4, 0.5) is 0 Å². The second-order valence-corrected chi connectivity index (χ2v) is 17.9. The highest BCUT2D eigenvalue weighted by molar-refractivity contribution is 7.25. The molecule has 64 heavy (non-hydrogen) atoms. The van der Waals surface area contributed by atoms with Crippen LogP contribution in [0.1, 0.15) is 0 Å². The fourth-order valence-electron chi connectivity index (χ4n) is 10.9. The summed E-state index contributed by atoms with van der Waals surface area (Å²) in [6.45, 7) is 0.